The van der Waals surface area contributed by atoms with Crippen molar-refractivity contribution in [3.63, 3.8) is 0 Å². The number of ether oxygens (including phenoxy) is 3. The standard InChI is InChI=1S/C22H25N3O4S2/c1-27-17-11-14(12-18(28-2)20(17)29-3)21(26)24-7-9-25(10-8-24)22-23-16-6-5-15(30-4)13-19(16)31-22/h5-6,11-13H,7-10H2,1-4H3. The third-order valence-corrected chi connectivity index (χ3v) is 7.14. The Balaban J connectivity index is 1.48. The zero-order valence-corrected chi connectivity index (χ0v) is 19.6. The molecule has 4 rings (SSSR count). The number of hydrogen-bond acceptors (Lipinski definition) is 8. The molecule has 0 unspecified atom stereocenters. The van der Waals surface area contributed by atoms with E-state index in [0.29, 0.717) is 35.9 Å². The van der Waals surface area contributed by atoms with Crippen molar-refractivity contribution >= 4 is 44.4 Å². The molecule has 2 aromatic carbocycles. The lowest BCUT2D eigenvalue weighted by Crippen LogP contribution is -2.48. The lowest BCUT2D eigenvalue weighted by molar-refractivity contribution is 0.0746. The van der Waals surface area contributed by atoms with E-state index in [1.54, 1.807) is 56.6 Å². The van der Waals surface area contributed by atoms with Gasteiger partial charge in [-0.2, -0.15) is 0 Å². The van der Waals surface area contributed by atoms with Crippen LogP contribution in [-0.4, -0.2) is 69.6 Å². The number of amides is 1. The summed E-state index contributed by atoms with van der Waals surface area (Å²) in [4.78, 5) is 23.3. The van der Waals surface area contributed by atoms with Crippen LogP contribution in [0, 0.1) is 0 Å². The predicted molar refractivity (Wildman–Crippen MR) is 126 cm³/mol. The Hall–Kier alpha value is -2.65. The third-order valence-electron chi connectivity index (χ3n) is 5.33. The second-order valence-corrected chi connectivity index (χ2v) is 8.91. The van der Waals surface area contributed by atoms with E-state index in [1.165, 1.54) is 9.60 Å². The monoisotopic (exact) mass is 459 g/mol. The van der Waals surface area contributed by atoms with Crippen LogP contribution in [0.1, 0.15) is 10.4 Å². The highest BCUT2D eigenvalue weighted by atomic mass is 32.2. The molecule has 0 bridgehead atoms. The highest BCUT2D eigenvalue weighted by molar-refractivity contribution is 7.98. The number of carbonyl (C=O) groups excluding carboxylic acids is 1. The molecule has 9 heteroatoms. The Morgan fingerprint density at radius 2 is 1.68 bits per heavy atom. The molecule has 0 aliphatic carbocycles. The molecule has 7 nitrogen and oxygen atoms in total. The molecule has 0 N–H and O–H groups in total. The van der Waals surface area contributed by atoms with Gasteiger partial charge in [0, 0.05) is 36.6 Å². The van der Waals surface area contributed by atoms with Crippen LogP contribution >= 0.6 is 23.1 Å². The smallest absolute Gasteiger partial charge is 0.254 e. The molecule has 1 aromatic heterocycles. The largest absolute Gasteiger partial charge is 0.493 e. The van der Waals surface area contributed by atoms with Gasteiger partial charge in [-0.05, 0) is 36.6 Å². The van der Waals surface area contributed by atoms with E-state index in [9.17, 15) is 4.79 Å². The number of rotatable bonds is 6. The van der Waals surface area contributed by atoms with Gasteiger partial charge in [-0.3, -0.25) is 4.79 Å². The van der Waals surface area contributed by atoms with Crippen molar-refractivity contribution in [2.75, 3.05) is 58.7 Å². The van der Waals surface area contributed by atoms with Gasteiger partial charge in [0.25, 0.3) is 5.91 Å². The fourth-order valence-electron chi connectivity index (χ4n) is 3.64. The van der Waals surface area contributed by atoms with Gasteiger partial charge in [-0.1, -0.05) is 11.3 Å². The number of methoxy groups -OCH3 is 3. The van der Waals surface area contributed by atoms with Gasteiger partial charge >= 0.3 is 0 Å². The van der Waals surface area contributed by atoms with Gasteiger partial charge < -0.3 is 24.0 Å². The Kier molecular flexibility index (Phi) is 6.43. The van der Waals surface area contributed by atoms with E-state index in [-0.39, 0.29) is 5.91 Å². The average molecular weight is 460 g/mol. The molecule has 3 aromatic rings. The number of carbonyl (C=O) groups is 1. The maximum Gasteiger partial charge on any atom is 0.254 e. The number of aromatic nitrogens is 1. The first-order valence-corrected chi connectivity index (χ1v) is 11.9. The normalized spacial score (nSPS) is 14.1. The van der Waals surface area contributed by atoms with Crippen LogP contribution < -0.4 is 19.1 Å². The van der Waals surface area contributed by atoms with Gasteiger partial charge in [-0.25, -0.2) is 4.98 Å². The molecule has 1 aliphatic heterocycles. The molecule has 0 radical (unpaired) electrons. The predicted octanol–water partition coefficient (Wildman–Crippen LogP) is 4.01. The molecule has 0 atom stereocenters. The molecule has 0 saturated carbocycles. The summed E-state index contributed by atoms with van der Waals surface area (Å²) in [6.45, 7) is 2.74. The van der Waals surface area contributed by atoms with Crippen LogP contribution in [0.3, 0.4) is 0 Å². The average Bonchev–Trinajstić information content (AvgIpc) is 3.25. The number of thiazole rings is 1. The van der Waals surface area contributed by atoms with E-state index in [1.807, 2.05) is 4.90 Å². The summed E-state index contributed by atoms with van der Waals surface area (Å²) in [6, 6.07) is 9.77. The highest BCUT2D eigenvalue weighted by Crippen LogP contribution is 2.38. The second-order valence-electron chi connectivity index (χ2n) is 7.02. The SMILES string of the molecule is COc1cc(C(=O)N2CCN(c3nc4ccc(SC)cc4s3)CC2)cc(OC)c1OC. The molecule has 164 valence electrons. The van der Waals surface area contributed by atoms with Gasteiger partial charge in [0.1, 0.15) is 0 Å². The van der Waals surface area contributed by atoms with Crippen molar-refractivity contribution in [3.05, 3.63) is 35.9 Å². The first kappa shape index (κ1) is 21.6. The maximum atomic E-state index is 13.1. The van der Waals surface area contributed by atoms with Crippen molar-refractivity contribution in [2.45, 2.75) is 4.90 Å². The van der Waals surface area contributed by atoms with Gasteiger partial charge in [0.05, 0.1) is 31.5 Å². The summed E-state index contributed by atoms with van der Waals surface area (Å²) in [5.74, 6) is 1.38. The molecule has 31 heavy (non-hydrogen) atoms. The summed E-state index contributed by atoms with van der Waals surface area (Å²) in [5.41, 5.74) is 1.54. The Morgan fingerprint density at radius 1 is 1.00 bits per heavy atom. The molecule has 1 fully saturated rings. The van der Waals surface area contributed by atoms with Crippen molar-refractivity contribution in [3.8, 4) is 17.2 Å². The molecule has 1 saturated heterocycles. The van der Waals surface area contributed by atoms with Crippen LogP contribution in [0.2, 0.25) is 0 Å². The zero-order valence-electron chi connectivity index (χ0n) is 18.0. The van der Waals surface area contributed by atoms with E-state index in [0.717, 1.165) is 23.7 Å². The minimum atomic E-state index is -0.0483. The van der Waals surface area contributed by atoms with Crippen LogP contribution in [0.5, 0.6) is 17.2 Å². The molecule has 1 amide bonds. The van der Waals surface area contributed by atoms with Crippen molar-refractivity contribution in [2.24, 2.45) is 0 Å². The quantitative estimate of drug-likeness (QED) is 0.516. The zero-order chi connectivity index (χ0) is 22.0. The number of thioether (sulfide) groups is 1. The fourth-order valence-corrected chi connectivity index (χ4v) is 5.21. The number of hydrogen-bond donors (Lipinski definition) is 0. The number of piperazine rings is 1. The molecule has 2 heterocycles. The second kappa shape index (κ2) is 9.23. The third kappa shape index (κ3) is 4.24. The number of nitrogens with zero attached hydrogens (tertiary/aromatic N) is 3. The topological polar surface area (TPSA) is 64.1 Å². The van der Waals surface area contributed by atoms with Crippen LogP contribution in [0.15, 0.2) is 35.2 Å². The number of fused-ring (bicyclic) bond motifs is 1. The first-order chi connectivity index (χ1) is 15.1. The van der Waals surface area contributed by atoms with Crippen LogP contribution in [0.25, 0.3) is 10.2 Å². The summed E-state index contributed by atoms with van der Waals surface area (Å²) < 4.78 is 17.3. The summed E-state index contributed by atoms with van der Waals surface area (Å²) >= 11 is 3.44. The van der Waals surface area contributed by atoms with E-state index < -0.39 is 0 Å². The van der Waals surface area contributed by atoms with Crippen molar-refractivity contribution < 1.29 is 19.0 Å². The Labute approximate surface area is 189 Å². The van der Waals surface area contributed by atoms with Gasteiger partial charge in [-0.15, -0.1) is 11.8 Å². The summed E-state index contributed by atoms with van der Waals surface area (Å²) in [6.07, 6.45) is 2.08. The van der Waals surface area contributed by atoms with Crippen LogP contribution in [0.4, 0.5) is 5.13 Å². The van der Waals surface area contributed by atoms with Crippen molar-refractivity contribution in [1.82, 2.24) is 9.88 Å². The maximum absolute atomic E-state index is 13.1. The van der Waals surface area contributed by atoms with Gasteiger partial charge in [0.2, 0.25) is 5.75 Å². The Bertz CT molecular complexity index is 1070. The minimum absolute atomic E-state index is 0.0483. The number of benzene rings is 2. The lowest BCUT2D eigenvalue weighted by Gasteiger charge is -2.34. The molecular weight excluding hydrogens is 434 g/mol. The van der Waals surface area contributed by atoms with Crippen LogP contribution in [-0.2, 0) is 0 Å². The van der Waals surface area contributed by atoms with E-state index in [2.05, 4.69) is 29.4 Å². The Morgan fingerprint density at radius 3 is 2.26 bits per heavy atom. The number of anilines is 1. The van der Waals surface area contributed by atoms with Crippen molar-refractivity contribution in [1.29, 1.82) is 0 Å². The van der Waals surface area contributed by atoms with E-state index >= 15 is 0 Å². The first-order valence-electron chi connectivity index (χ1n) is 9.86. The summed E-state index contributed by atoms with van der Waals surface area (Å²) in [5, 5.41) is 1.01. The minimum Gasteiger partial charge on any atom is -0.493 e. The summed E-state index contributed by atoms with van der Waals surface area (Å²) in [7, 11) is 4.64. The molecule has 0 spiro atoms. The van der Waals surface area contributed by atoms with Gasteiger partial charge in [0.15, 0.2) is 16.6 Å². The lowest BCUT2D eigenvalue weighted by atomic mass is 10.1. The fraction of sp³-hybridized carbons (Fsp3) is 0.364. The highest BCUT2D eigenvalue weighted by Gasteiger charge is 2.26. The molecule has 1 aliphatic rings. The molecular formula is C22H25N3O4S2. The van der Waals surface area contributed by atoms with E-state index in [4.69, 9.17) is 19.2 Å².